The molecule has 0 N–H and O–H groups in total. The fraction of sp³-hybridized carbons (Fsp3) is 0.733. The average molecular weight is 344 g/mol. The number of sulfonamides is 1. The molecule has 1 aromatic rings. The second-order valence-corrected chi connectivity index (χ2v) is 9.38. The predicted molar refractivity (Wildman–Crippen MR) is 89.8 cm³/mol. The van der Waals surface area contributed by atoms with E-state index in [0.29, 0.717) is 23.3 Å². The number of hydrogen-bond donors (Lipinski definition) is 0. The van der Waals surface area contributed by atoms with Crippen molar-refractivity contribution in [1.29, 1.82) is 0 Å². The van der Waals surface area contributed by atoms with Gasteiger partial charge in [-0.1, -0.05) is 12.5 Å². The van der Waals surface area contributed by atoms with E-state index in [4.69, 9.17) is 0 Å². The molecule has 5 nitrogen and oxygen atoms in total. The highest BCUT2D eigenvalue weighted by Gasteiger charge is 2.30. The van der Waals surface area contributed by atoms with Crippen molar-refractivity contribution in [1.82, 2.24) is 14.1 Å². The van der Waals surface area contributed by atoms with Crippen LogP contribution in [-0.4, -0.2) is 74.9 Å². The van der Waals surface area contributed by atoms with Gasteiger partial charge in [-0.2, -0.15) is 4.31 Å². The van der Waals surface area contributed by atoms with Crippen LogP contribution in [0.15, 0.2) is 21.7 Å². The third-order valence-corrected chi connectivity index (χ3v) is 8.08. The van der Waals surface area contributed by atoms with Gasteiger partial charge in [0.25, 0.3) is 10.0 Å². The van der Waals surface area contributed by atoms with Crippen molar-refractivity contribution in [3.8, 4) is 0 Å². The van der Waals surface area contributed by atoms with Crippen molar-refractivity contribution in [3.63, 3.8) is 0 Å². The Labute approximate surface area is 137 Å². The summed E-state index contributed by atoms with van der Waals surface area (Å²) in [7, 11) is -1.06. The van der Waals surface area contributed by atoms with Gasteiger partial charge in [-0.3, -0.25) is 4.90 Å². The average Bonchev–Trinajstić information content (AvgIpc) is 3.05. The van der Waals surface area contributed by atoms with Gasteiger partial charge in [0.1, 0.15) is 4.21 Å². The van der Waals surface area contributed by atoms with Crippen LogP contribution in [0.3, 0.4) is 0 Å². The molecule has 2 saturated heterocycles. The van der Waals surface area contributed by atoms with Crippen LogP contribution >= 0.6 is 11.3 Å². The smallest absolute Gasteiger partial charge is 0.252 e. The van der Waals surface area contributed by atoms with E-state index >= 15 is 0 Å². The van der Waals surface area contributed by atoms with Gasteiger partial charge < -0.3 is 4.90 Å². The number of hydrogen-bond acceptors (Lipinski definition) is 5. The number of piperidine rings is 1. The number of likely N-dealkylation sites (N-methyl/N-ethyl adjacent to an activating group) is 1. The van der Waals surface area contributed by atoms with Crippen molar-refractivity contribution in [2.24, 2.45) is 0 Å². The van der Waals surface area contributed by atoms with Crippen molar-refractivity contribution < 1.29 is 8.42 Å². The Morgan fingerprint density at radius 3 is 2.59 bits per heavy atom. The van der Waals surface area contributed by atoms with Crippen LogP contribution in [0, 0.1) is 0 Å². The summed E-state index contributed by atoms with van der Waals surface area (Å²) >= 11 is 1.30. The normalized spacial score (nSPS) is 26.3. The van der Waals surface area contributed by atoms with E-state index in [1.807, 2.05) is 5.38 Å². The highest BCUT2D eigenvalue weighted by Crippen LogP contribution is 2.23. The molecule has 0 saturated carbocycles. The van der Waals surface area contributed by atoms with Crippen LogP contribution in [0.2, 0.25) is 0 Å². The molecule has 3 rings (SSSR count). The Bertz CT molecular complexity index is 566. The summed E-state index contributed by atoms with van der Waals surface area (Å²) in [5.41, 5.74) is 0. The van der Waals surface area contributed by atoms with Gasteiger partial charge in [0.2, 0.25) is 0 Å². The molecule has 2 fully saturated rings. The van der Waals surface area contributed by atoms with Gasteiger partial charge in [-0.15, -0.1) is 11.3 Å². The molecular formula is C15H25N3O2S2. The first kappa shape index (κ1) is 16.4. The number of likely N-dealkylation sites (tertiary alicyclic amines) is 1. The van der Waals surface area contributed by atoms with Crippen LogP contribution in [0.5, 0.6) is 0 Å². The lowest BCUT2D eigenvalue weighted by molar-refractivity contribution is 0.106. The fourth-order valence-corrected chi connectivity index (χ4v) is 5.93. The van der Waals surface area contributed by atoms with Gasteiger partial charge >= 0.3 is 0 Å². The molecule has 3 heterocycles. The van der Waals surface area contributed by atoms with E-state index in [1.165, 1.54) is 37.1 Å². The van der Waals surface area contributed by atoms with Gasteiger partial charge in [0.05, 0.1) is 0 Å². The molecule has 0 spiro atoms. The predicted octanol–water partition coefficient (Wildman–Crippen LogP) is 1.54. The molecule has 0 aromatic carbocycles. The van der Waals surface area contributed by atoms with Crippen LogP contribution in [-0.2, 0) is 10.0 Å². The topological polar surface area (TPSA) is 43.9 Å². The highest BCUT2D eigenvalue weighted by atomic mass is 32.2. The monoisotopic (exact) mass is 343 g/mol. The van der Waals surface area contributed by atoms with E-state index in [2.05, 4.69) is 16.8 Å². The maximum Gasteiger partial charge on any atom is 0.252 e. The van der Waals surface area contributed by atoms with E-state index in [9.17, 15) is 8.42 Å². The molecule has 1 atom stereocenters. The summed E-state index contributed by atoms with van der Waals surface area (Å²) in [6, 6.07) is 4.13. The van der Waals surface area contributed by atoms with Crippen molar-refractivity contribution in [3.05, 3.63) is 17.5 Å². The molecule has 0 bridgehead atoms. The molecular weight excluding hydrogens is 318 g/mol. The molecule has 0 amide bonds. The summed E-state index contributed by atoms with van der Waals surface area (Å²) in [6.07, 6.45) is 3.89. The van der Waals surface area contributed by atoms with Gasteiger partial charge in [-0.05, 0) is 37.9 Å². The largest absolute Gasteiger partial charge is 0.302 e. The zero-order chi connectivity index (χ0) is 15.6. The van der Waals surface area contributed by atoms with E-state index < -0.39 is 10.0 Å². The first-order valence-electron chi connectivity index (χ1n) is 8.03. The second-order valence-electron chi connectivity index (χ2n) is 6.27. The zero-order valence-corrected chi connectivity index (χ0v) is 14.8. The molecule has 0 radical (unpaired) electrons. The number of rotatable bonds is 4. The highest BCUT2D eigenvalue weighted by molar-refractivity contribution is 7.91. The van der Waals surface area contributed by atoms with Crippen LogP contribution in [0.25, 0.3) is 0 Å². The van der Waals surface area contributed by atoms with Gasteiger partial charge in [0, 0.05) is 38.8 Å². The van der Waals surface area contributed by atoms with Gasteiger partial charge in [0.15, 0.2) is 0 Å². The molecule has 0 aliphatic carbocycles. The van der Waals surface area contributed by atoms with Crippen LogP contribution in [0.4, 0.5) is 0 Å². The molecule has 2 aliphatic heterocycles. The molecule has 1 unspecified atom stereocenters. The Balaban J connectivity index is 1.54. The third kappa shape index (κ3) is 3.54. The zero-order valence-electron chi connectivity index (χ0n) is 13.1. The van der Waals surface area contributed by atoms with Gasteiger partial charge in [-0.25, -0.2) is 8.42 Å². The quantitative estimate of drug-likeness (QED) is 0.832. The Hall–Kier alpha value is -0.470. The number of thiophene rings is 1. The number of nitrogens with zero attached hydrogens (tertiary/aromatic N) is 3. The lowest BCUT2D eigenvalue weighted by Crippen LogP contribution is -2.52. The molecule has 1 aromatic heterocycles. The molecule has 7 heteroatoms. The summed E-state index contributed by atoms with van der Waals surface area (Å²) in [5.74, 6) is 0. The summed E-state index contributed by atoms with van der Waals surface area (Å²) in [5, 5.41) is 1.82. The van der Waals surface area contributed by atoms with E-state index in [-0.39, 0.29) is 0 Å². The summed E-state index contributed by atoms with van der Waals surface area (Å²) < 4.78 is 27.1. The molecule has 2 aliphatic rings. The molecule has 22 heavy (non-hydrogen) atoms. The Morgan fingerprint density at radius 2 is 1.95 bits per heavy atom. The minimum atomic E-state index is -3.27. The van der Waals surface area contributed by atoms with Crippen molar-refractivity contribution in [2.45, 2.75) is 29.5 Å². The Kier molecular flexibility index (Phi) is 5.19. The minimum absolute atomic E-state index is 0.466. The SMILES string of the molecule is CN1CCCCC1CN1CCN(S(=O)(=O)c2cccs2)CC1. The maximum absolute atomic E-state index is 12.5. The van der Waals surface area contributed by atoms with Crippen LogP contribution in [0.1, 0.15) is 19.3 Å². The lowest BCUT2D eigenvalue weighted by Gasteiger charge is -2.39. The van der Waals surface area contributed by atoms with E-state index in [0.717, 1.165) is 19.6 Å². The first-order chi connectivity index (χ1) is 10.6. The number of piperazine rings is 1. The maximum atomic E-state index is 12.5. The first-order valence-corrected chi connectivity index (χ1v) is 10.4. The van der Waals surface area contributed by atoms with Crippen molar-refractivity contribution >= 4 is 21.4 Å². The van der Waals surface area contributed by atoms with Crippen LogP contribution < -0.4 is 0 Å². The standard InChI is InChI=1S/C15H25N3O2S2/c1-16-7-3-2-5-14(16)13-17-8-10-18(11-9-17)22(19,20)15-6-4-12-21-15/h4,6,12,14H,2-3,5,7-11,13H2,1H3. The lowest BCUT2D eigenvalue weighted by atomic mass is 10.0. The summed E-state index contributed by atoms with van der Waals surface area (Å²) in [6.45, 7) is 5.16. The van der Waals surface area contributed by atoms with Crippen molar-refractivity contribution in [2.75, 3.05) is 46.3 Å². The van der Waals surface area contributed by atoms with E-state index in [1.54, 1.807) is 16.4 Å². The summed E-state index contributed by atoms with van der Waals surface area (Å²) in [4.78, 5) is 4.88. The minimum Gasteiger partial charge on any atom is -0.302 e. The second kappa shape index (κ2) is 6.97. The third-order valence-electron chi connectivity index (χ3n) is 4.81. The molecule has 124 valence electrons. The fourth-order valence-electron chi connectivity index (χ4n) is 3.36. The Morgan fingerprint density at radius 1 is 1.18 bits per heavy atom.